The smallest absolute Gasteiger partial charge is 0.407 e. The molecule has 0 spiro atoms. The Kier molecular flexibility index (Phi) is 10.7. The van der Waals surface area contributed by atoms with Crippen molar-refractivity contribution in [3.63, 3.8) is 0 Å². The number of benzene rings is 2. The highest BCUT2D eigenvalue weighted by Crippen LogP contribution is 2.28. The number of halogens is 2. The van der Waals surface area contributed by atoms with E-state index < -0.39 is 11.7 Å². The molecule has 0 saturated carbocycles. The van der Waals surface area contributed by atoms with Crippen LogP contribution in [0.2, 0.25) is 5.02 Å². The van der Waals surface area contributed by atoms with Gasteiger partial charge in [-0.25, -0.2) is 4.79 Å². The van der Waals surface area contributed by atoms with E-state index in [9.17, 15) is 14.4 Å². The van der Waals surface area contributed by atoms with Gasteiger partial charge in [-0.2, -0.15) is 0 Å². The molecule has 3 N–H and O–H groups in total. The molecule has 0 radical (unpaired) electrons. The van der Waals surface area contributed by atoms with Gasteiger partial charge in [0.05, 0.1) is 23.0 Å². The Hall–Kier alpha value is -2.78. The molecule has 0 atom stereocenters. The minimum absolute atomic E-state index is 0.0531. The van der Waals surface area contributed by atoms with E-state index in [4.69, 9.17) is 21.1 Å². The van der Waals surface area contributed by atoms with Gasteiger partial charge < -0.3 is 25.4 Å². The molecule has 0 unspecified atom stereocenters. The first-order valence-electron chi connectivity index (χ1n) is 10.8. The monoisotopic (exact) mass is 553 g/mol. The molecule has 0 saturated heterocycles. The van der Waals surface area contributed by atoms with Gasteiger partial charge in [-0.3, -0.25) is 9.59 Å². The van der Waals surface area contributed by atoms with Crippen LogP contribution in [0.4, 0.5) is 16.2 Å². The Bertz CT molecular complexity index is 1010. The fourth-order valence-electron chi connectivity index (χ4n) is 2.73. The first kappa shape index (κ1) is 27.5. The van der Waals surface area contributed by atoms with Crippen molar-refractivity contribution in [1.29, 1.82) is 0 Å². The Morgan fingerprint density at radius 2 is 1.59 bits per heavy atom. The summed E-state index contributed by atoms with van der Waals surface area (Å²) in [6, 6.07) is 12.2. The van der Waals surface area contributed by atoms with Gasteiger partial charge >= 0.3 is 6.09 Å². The molecule has 184 valence electrons. The number of carbonyl (C=O) groups is 3. The number of hydrogen-bond donors (Lipinski definition) is 3. The molecule has 0 aliphatic rings. The van der Waals surface area contributed by atoms with E-state index in [1.165, 1.54) is 0 Å². The maximum Gasteiger partial charge on any atom is 0.407 e. The van der Waals surface area contributed by atoms with Crippen LogP contribution >= 0.6 is 27.5 Å². The quantitative estimate of drug-likeness (QED) is 0.324. The SMILES string of the molecule is CC(C)(C)OC(=O)NCCC(=O)Nc1ccccc1NC(=O)CCCOc1ccc(Br)cc1Cl. The van der Waals surface area contributed by atoms with Crippen molar-refractivity contribution in [1.82, 2.24) is 5.32 Å². The van der Waals surface area contributed by atoms with Crippen LogP contribution in [0.1, 0.15) is 40.0 Å². The maximum atomic E-state index is 12.4. The van der Waals surface area contributed by atoms with E-state index in [1.54, 1.807) is 57.2 Å². The number of nitrogens with one attached hydrogen (secondary N) is 3. The third-order valence-corrected chi connectivity index (χ3v) is 4.98. The van der Waals surface area contributed by atoms with Gasteiger partial charge in [0.1, 0.15) is 11.4 Å². The molecule has 0 bridgehead atoms. The third-order valence-electron chi connectivity index (χ3n) is 4.20. The second kappa shape index (κ2) is 13.2. The Labute approximate surface area is 212 Å². The molecule has 2 rings (SSSR count). The Morgan fingerprint density at radius 3 is 2.18 bits per heavy atom. The minimum Gasteiger partial charge on any atom is -0.492 e. The van der Waals surface area contributed by atoms with Crippen molar-refractivity contribution in [3.8, 4) is 5.75 Å². The zero-order valence-electron chi connectivity index (χ0n) is 19.4. The van der Waals surface area contributed by atoms with Crippen molar-refractivity contribution < 1.29 is 23.9 Å². The molecule has 0 aliphatic carbocycles. The lowest BCUT2D eigenvalue weighted by atomic mass is 10.2. The van der Waals surface area contributed by atoms with E-state index in [-0.39, 0.29) is 31.2 Å². The number of amides is 3. The minimum atomic E-state index is -0.610. The van der Waals surface area contributed by atoms with Gasteiger partial charge in [-0.1, -0.05) is 39.7 Å². The summed E-state index contributed by atoms with van der Waals surface area (Å²) in [6.07, 6.45) is 0.191. The van der Waals surface area contributed by atoms with Gasteiger partial charge in [0.25, 0.3) is 0 Å². The van der Waals surface area contributed by atoms with Gasteiger partial charge in [0.2, 0.25) is 11.8 Å². The van der Waals surface area contributed by atoms with Crippen LogP contribution in [-0.2, 0) is 14.3 Å². The van der Waals surface area contributed by atoms with Gasteiger partial charge in [-0.05, 0) is 57.5 Å². The average molecular weight is 555 g/mol. The van der Waals surface area contributed by atoms with E-state index in [1.807, 2.05) is 6.07 Å². The van der Waals surface area contributed by atoms with Crippen LogP contribution in [0, 0.1) is 0 Å². The lowest BCUT2D eigenvalue weighted by Crippen LogP contribution is -2.34. The second-order valence-electron chi connectivity index (χ2n) is 8.35. The molecule has 0 aliphatic heterocycles. The topological polar surface area (TPSA) is 106 Å². The van der Waals surface area contributed by atoms with Crippen molar-refractivity contribution in [2.45, 2.75) is 45.6 Å². The van der Waals surface area contributed by atoms with Crippen LogP contribution in [-0.4, -0.2) is 36.7 Å². The summed E-state index contributed by atoms with van der Waals surface area (Å²) >= 11 is 9.45. The highest BCUT2D eigenvalue weighted by atomic mass is 79.9. The first-order valence-corrected chi connectivity index (χ1v) is 11.9. The summed E-state index contributed by atoms with van der Waals surface area (Å²) < 4.78 is 11.6. The Morgan fingerprint density at radius 1 is 0.971 bits per heavy atom. The molecule has 0 heterocycles. The van der Waals surface area contributed by atoms with E-state index in [2.05, 4.69) is 31.9 Å². The Balaban J connectivity index is 1.76. The average Bonchev–Trinajstić information content (AvgIpc) is 2.72. The summed E-state index contributed by atoms with van der Waals surface area (Å²) in [6.45, 7) is 5.73. The number of alkyl carbamates (subject to hydrolysis) is 1. The van der Waals surface area contributed by atoms with E-state index in [0.29, 0.717) is 35.2 Å². The number of rotatable bonds is 10. The lowest BCUT2D eigenvalue weighted by Gasteiger charge is -2.19. The number of ether oxygens (including phenoxy) is 2. The van der Waals surface area contributed by atoms with Crippen molar-refractivity contribution in [2.24, 2.45) is 0 Å². The number of anilines is 2. The first-order chi connectivity index (χ1) is 16.0. The maximum absolute atomic E-state index is 12.4. The summed E-state index contributed by atoms with van der Waals surface area (Å²) in [5.74, 6) is 0.0378. The summed E-state index contributed by atoms with van der Waals surface area (Å²) in [5.41, 5.74) is 0.343. The van der Waals surface area contributed by atoms with Crippen LogP contribution < -0.4 is 20.7 Å². The van der Waals surface area contributed by atoms with E-state index >= 15 is 0 Å². The molecule has 2 aromatic rings. The van der Waals surface area contributed by atoms with Crippen molar-refractivity contribution in [2.75, 3.05) is 23.8 Å². The molecule has 0 fully saturated rings. The molecule has 34 heavy (non-hydrogen) atoms. The summed E-state index contributed by atoms with van der Waals surface area (Å²) in [5, 5.41) is 8.58. The normalized spacial score (nSPS) is 10.9. The van der Waals surface area contributed by atoms with Crippen LogP contribution in [0.3, 0.4) is 0 Å². The van der Waals surface area contributed by atoms with Gasteiger partial charge in [-0.15, -0.1) is 0 Å². The van der Waals surface area contributed by atoms with Gasteiger partial charge in [0, 0.05) is 23.9 Å². The highest BCUT2D eigenvalue weighted by Gasteiger charge is 2.16. The zero-order chi connectivity index (χ0) is 25.1. The number of carbonyl (C=O) groups excluding carboxylic acids is 3. The van der Waals surface area contributed by atoms with Crippen LogP contribution in [0.15, 0.2) is 46.9 Å². The molecule has 8 nitrogen and oxygen atoms in total. The van der Waals surface area contributed by atoms with Crippen LogP contribution in [0.25, 0.3) is 0 Å². The fraction of sp³-hybridized carbons (Fsp3) is 0.375. The predicted molar refractivity (Wildman–Crippen MR) is 136 cm³/mol. The van der Waals surface area contributed by atoms with Crippen LogP contribution in [0.5, 0.6) is 5.75 Å². The zero-order valence-corrected chi connectivity index (χ0v) is 21.7. The second-order valence-corrected chi connectivity index (χ2v) is 9.67. The predicted octanol–water partition coefficient (Wildman–Crippen LogP) is 5.75. The standard InChI is InChI=1S/C24H29BrClN3O5/c1-24(2,3)34-23(32)27-13-12-22(31)29-19-8-5-4-7-18(19)28-21(30)9-6-14-33-20-11-10-16(25)15-17(20)26/h4-5,7-8,10-11,15H,6,9,12-14H2,1-3H3,(H,27,32)(H,28,30)(H,29,31). The molecule has 0 aromatic heterocycles. The molecule has 2 aromatic carbocycles. The highest BCUT2D eigenvalue weighted by molar-refractivity contribution is 9.10. The largest absolute Gasteiger partial charge is 0.492 e. The number of hydrogen-bond acceptors (Lipinski definition) is 5. The lowest BCUT2D eigenvalue weighted by molar-refractivity contribution is -0.117. The molecular weight excluding hydrogens is 526 g/mol. The van der Waals surface area contributed by atoms with E-state index in [0.717, 1.165) is 4.47 Å². The summed E-state index contributed by atoms with van der Waals surface area (Å²) in [7, 11) is 0. The molecule has 10 heteroatoms. The molecule has 3 amide bonds. The third kappa shape index (κ3) is 10.4. The molecular formula is C24H29BrClN3O5. The van der Waals surface area contributed by atoms with Crippen molar-refractivity contribution in [3.05, 3.63) is 52.0 Å². The van der Waals surface area contributed by atoms with Gasteiger partial charge in [0.15, 0.2) is 0 Å². The number of para-hydroxylation sites is 2. The fourth-order valence-corrected chi connectivity index (χ4v) is 3.45. The summed E-state index contributed by atoms with van der Waals surface area (Å²) in [4.78, 5) is 36.3. The van der Waals surface area contributed by atoms with Crippen molar-refractivity contribution >= 4 is 56.8 Å².